The Balaban J connectivity index is 3.27. The van der Waals surface area contributed by atoms with Crippen molar-refractivity contribution in [2.75, 3.05) is 13.2 Å². The number of unbranched alkanes of at least 4 members (excludes halogenated alkanes) is 3. The lowest BCUT2D eigenvalue weighted by Crippen LogP contribution is -2.11. The molecule has 0 saturated carbocycles. The van der Waals surface area contributed by atoms with Gasteiger partial charge in [-0.3, -0.25) is 0 Å². The quantitative estimate of drug-likeness (QED) is 0.435. The fourth-order valence-electron chi connectivity index (χ4n) is 1.89. The zero-order valence-corrected chi connectivity index (χ0v) is 13.0. The molecular formula is C16H34O2. The van der Waals surface area contributed by atoms with Crippen molar-refractivity contribution in [3.63, 3.8) is 0 Å². The maximum Gasteiger partial charge on any atom is 0.0547 e. The van der Waals surface area contributed by atoms with E-state index in [1.54, 1.807) is 0 Å². The van der Waals surface area contributed by atoms with E-state index in [0.717, 1.165) is 13.2 Å². The number of ether oxygens (including phenoxy) is 2. The van der Waals surface area contributed by atoms with Crippen LogP contribution in [0, 0.1) is 0 Å². The van der Waals surface area contributed by atoms with E-state index in [1.807, 2.05) is 0 Å². The standard InChI is InChI=1S/C16H34O2/c1-5-7-13-17-15(3)11-9-10-12-16(4)18-14-8-6-2/h15-16H,5-14H2,1-4H3. The van der Waals surface area contributed by atoms with Crippen LogP contribution in [0.1, 0.15) is 79.1 Å². The molecule has 0 fully saturated rings. The van der Waals surface area contributed by atoms with Gasteiger partial charge in [0, 0.05) is 13.2 Å². The predicted octanol–water partition coefficient (Wildman–Crippen LogP) is 4.96. The molecule has 110 valence electrons. The number of hydrogen-bond acceptors (Lipinski definition) is 2. The highest BCUT2D eigenvalue weighted by atomic mass is 16.5. The fraction of sp³-hybridized carbons (Fsp3) is 1.00. The van der Waals surface area contributed by atoms with Crippen molar-refractivity contribution in [1.29, 1.82) is 0 Å². The Labute approximate surface area is 114 Å². The third-order valence-electron chi connectivity index (χ3n) is 3.27. The number of rotatable bonds is 13. The minimum Gasteiger partial charge on any atom is -0.379 e. The van der Waals surface area contributed by atoms with Gasteiger partial charge < -0.3 is 9.47 Å². The van der Waals surface area contributed by atoms with Gasteiger partial charge in [0.1, 0.15) is 0 Å². The Hall–Kier alpha value is -0.0800. The average molecular weight is 258 g/mol. The van der Waals surface area contributed by atoms with Crippen molar-refractivity contribution >= 4 is 0 Å². The van der Waals surface area contributed by atoms with Gasteiger partial charge in [-0.15, -0.1) is 0 Å². The molecule has 0 aliphatic heterocycles. The molecular weight excluding hydrogens is 224 g/mol. The van der Waals surface area contributed by atoms with Gasteiger partial charge in [0.25, 0.3) is 0 Å². The normalized spacial score (nSPS) is 14.7. The van der Waals surface area contributed by atoms with Gasteiger partial charge >= 0.3 is 0 Å². The van der Waals surface area contributed by atoms with Crippen LogP contribution in [0.4, 0.5) is 0 Å². The summed E-state index contributed by atoms with van der Waals surface area (Å²) in [5, 5.41) is 0. The van der Waals surface area contributed by atoms with E-state index in [0.29, 0.717) is 12.2 Å². The molecule has 2 atom stereocenters. The molecule has 18 heavy (non-hydrogen) atoms. The monoisotopic (exact) mass is 258 g/mol. The van der Waals surface area contributed by atoms with Crippen LogP contribution >= 0.6 is 0 Å². The smallest absolute Gasteiger partial charge is 0.0547 e. The molecule has 0 aromatic carbocycles. The number of hydrogen-bond donors (Lipinski definition) is 0. The van der Waals surface area contributed by atoms with E-state index < -0.39 is 0 Å². The van der Waals surface area contributed by atoms with Gasteiger partial charge in [-0.2, -0.15) is 0 Å². The van der Waals surface area contributed by atoms with Crippen molar-refractivity contribution in [1.82, 2.24) is 0 Å². The molecule has 0 heterocycles. The van der Waals surface area contributed by atoms with E-state index in [-0.39, 0.29) is 0 Å². The zero-order chi connectivity index (χ0) is 13.6. The first-order chi connectivity index (χ1) is 8.70. The summed E-state index contributed by atoms with van der Waals surface area (Å²) in [6, 6.07) is 0. The first-order valence-electron chi connectivity index (χ1n) is 7.93. The molecule has 2 unspecified atom stereocenters. The molecule has 0 spiro atoms. The van der Waals surface area contributed by atoms with Crippen LogP contribution in [-0.2, 0) is 9.47 Å². The van der Waals surface area contributed by atoms with Crippen LogP contribution < -0.4 is 0 Å². The predicted molar refractivity (Wildman–Crippen MR) is 79.1 cm³/mol. The Morgan fingerprint density at radius 1 is 0.667 bits per heavy atom. The molecule has 0 aliphatic carbocycles. The van der Waals surface area contributed by atoms with Gasteiger partial charge in [0.2, 0.25) is 0 Å². The van der Waals surface area contributed by atoms with Crippen LogP contribution in [0.25, 0.3) is 0 Å². The fourth-order valence-corrected chi connectivity index (χ4v) is 1.89. The first-order valence-corrected chi connectivity index (χ1v) is 7.93. The van der Waals surface area contributed by atoms with Gasteiger partial charge in [-0.05, 0) is 39.5 Å². The lowest BCUT2D eigenvalue weighted by molar-refractivity contribution is 0.0471. The van der Waals surface area contributed by atoms with E-state index in [4.69, 9.17) is 9.47 Å². The van der Waals surface area contributed by atoms with Gasteiger partial charge in [0.15, 0.2) is 0 Å². The highest BCUT2D eigenvalue weighted by Gasteiger charge is 2.04. The lowest BCUT2D eigenvalue weighted by atomic mass is 10.1. The van der Waals surface area contributed by atoms with Gasteiger partial charge in [0.05, 0.1) is 12.2 Å². The summed E-state index contributed by atoms with van der Waals surface area (Å²) < 4.78 is 11.5. The SMILES string of the molecule is CCCCOC(C)CCCCC(C)OCCCC. The second kappa shape index (κ2) is 13.4. The summed E-state index contributed by atoms with van der Waals surface area (Å²) >= 11 is 0. The van der Waals surface area contributed by atoms with Crippen LogP contribution in [0.2, 0.25) is 0 Å². The van der Waals surface area contributed by atoms with E-state index in [2.05, 4.69) is 27.7 Å². The molecule has 0 rings (SSSR count). The van der Waals surface area contributed by atoms with Crippen molar-refractivity contribution in [2.45, 2.75) is 91.3 Å². The van der Waals surface area contributed by atoms with E-state index >= 15 is 0 Å². The Bertz CT molecular complexity index is 141. The summed E-state index contributed by atoms with van der Waals surface area (Å²) in [6.07, 6.45) is 10.6. The van der Waals surface area contributed by atoms with Crippen molar-refractivity contribution in [3.8, 4) is 0 Å². The summed E-state index contributed by atoms with van der Waals surface area (Å²) in [5.41, 5.74) is 0. The lowest BCUT2D eigenvalue weighted by Gasteiger charge is -2.15. The molecule has 0 radical (unpaired) electrons. The van der Waals surface area contributed by atoms with E-state index in [1.165, 1.54) is 51.4 Å². The highest BCUT2D eigenvalue weighted by Crippen LogP contribution is 2.10. The third-order valence-corrected chi connectivity index (χ3v) is 3.27. The molecule has 0 N–H and O–H groups in total. The van der Waals surface area contributed by atoms with Crippen molar-refractivity contribution in [2.24, 2.45) is 0 Å². The third kappa shape index (κ3) is 12.4. The minimum atomic E-state index is 0.424. The molecule has 0 aromatic heterocycles. The van der Waals surface area contributed by atoms with Crippen molar-refractivity contribution in [3.05, 3.63) is 0 Å². The molecule has 0 amide bonds. The Kier molecular flexibility index (Phi) is 13.3. The van der Waals surface area contributed by atoms with Crippen LogP contribution in [0.3, 0.4) is 0 Å². The Morgan fingerprint density at radius 2 is 1.06 bits per heavy atom. The summed E-state index contributed by atoms with van der Waals surface area (Å²) in [6.45, 7) is 10.6. The molecule has 0 saturated heterocycles. The molecule has 0 aliphatic rings. The maximum atomic E-state index is 5.74. The van der Waals surface area contributed by atoms with Gasteiger partial charge in [-0.25, -0.2) is 0 Å². The average Bonchev–Trinajstić information content (AvgIpc) is 2.35. The van der Waals surface area contributed by atoms with Crippen LogP contribution in [0.5, 0.6) is 0 Å². The first kappa shape index (κ1) is 17.9. The maximum absolute atomic E-state index is 5.74. The molecule has 2 nitrogen and oxygen atoms in total. The molecule has 0 bridgehead atoms. The summed E-state index contributed by atoms with van der Waals surface area (Å²) in [7, 11) is 0. The molecule has 2 heteroatoms. The Morgan fingerprint density at radius 3 is 1.39 bits per heavy atom. The minimum absolute atomic E-state index is 0.424. The zero-order valence-electron chi connectivity index (χ0n) is 13.0. The highest BCUT2D eigenvalue weighted by molar-refractivity contribution is 4.55. The second-order valence-electron chi connectivity index (χ2n) is 5.35. The van der Waals surface area contributed by atoms with Crippen molar-refractivity contribution < 1.29 is 9.47 Å². The van der Waals surface area contributed by atoms with Crippen LogP contribution in [-0.4, -0.2) is 25.4 Å². The molecule has 0 aromatic rings. The van der Waals surface area contributed by atoms with Crippen LogP contribution in [0.15, 0.2) is 0 Å². The van der Waals surface area contributed by atoms with E-state index in [9.17, 15) is 0 Å². The largest absolute Gasteiger partial charge is 0.379 e. The topological polar surface area (TPSA) is 18.5 Å². The second-order valence-corrected chi connectivity index (χ2v) is 5.35. The summed E-state index contributed by atoms with van der Waals surface area (Å²) in [4.78, 5) is 0. The van der Waals surface area contributed by atoms with Gasteiger partial charge in [-0.1, -0.05) is 39.5 Å². The summed E-state index contributed by atoms with van der Waals surface area (Å²) in [5.74, 6) is 0.